The SMILES string of the molecule is CCCCCN(CCC(=O)N1CCN(CC)CC1)C(=O)c1cnccn1. The monoisotopic (exact) mass is 361 g/mol. The van der Waals surface area contributed by atoms with Crippen molar-refractivity contribution in [1.82, 2.24) is 24.7 Å². The molecule has 0 aliphatic carbocycles. The summed E-state index contributed by atoms with van der Waals surface area (Å²) in [4.78, 5) is 39.3. The van der Waals surface area contributed by atoms with Crippen LogP contribution < -0.4 is 0 Å². The van der Waals surface area contributed by atoms with E-state index in [4.69, 9.17) is 0 Å². The van der Waals surface area contributed by atoms with Crippen LogP contribution in [0.1, 0.15) is 50.0 Å². The van der Waals surface area contributed by atoms with E-state index >= 15 is 0 Å². The fourth-order valence-corrected chi connectivity index (χ4v) is 3.14. The Balaban J connectivity index is 1.89. The maximum atomic E-state index is 12.7. The highest BCUT2D eigenvalue weighted by Gasteiger charge is 2.22. The third-order valence-electron chi connectivity index (χ3n) is 4.87. The molecule has 7 heteroatoms. The van der Waals surface area contributed by atoms with Crippen molar-refractivity contribution in [3.8, 4) is 0 Å². The van der Waals surface area contributed by atoms with Crippen molar-refractivity contribution in [2.75, 3.05) is 45.8 Å². The van der Waals surface area contributed by atoms with Gasteiger partial charge in [0.1, 0.15) is 5.69 Å². The highest BCUT2D eigenvalue weighted by Crippen LogP contribution is 2.08. The summed E-state index contributed by atoms with van der Waals surface area (Å²) in [5.41, 5.74) is 0.341. The van der Waals surface area contributed by atoms with Gasteiger partial charge in [-0.05, 0) is 13.0 Å². The van der Waals surface area contributed by atoms with E-state index in [2.05, 4.69) is 28.7 Å². The van der Waals surface area contributed by atoms with Crippen LogP contribution in [0.3, 0.4) is 0 Å². The van der Waals surface area contributed by atoms with E-state index < -0.39 is 0 Å². The third-order valence-corrected chi connectivity index (χ3v) is 4.87. The van der Waals surface area contributed by atoms with Crippen LogP contribution >= 0.6 is 0 Å². The first-order valence-electron chi connectivity index (χ1n) is 9.71. The summed E-state index contributed by atoms with van der Waals surface area (Å²) in [7, 11) is 0. The molecular formula is C19H31N5O2. The lowest BCUT2D eigenvalue weighted by Gasteiger charge is -2.34. The van der Waals surface area contributed by atoms with E-state index in [-0.39, 0.29) is 11.8 Å². The van der Waals surface area contributed by atoms with Gasteiger partial charge in [-0.3, -0.25) is 14.6 Å². The Morgan fingerprint density at radius 2 is 1.85 bits per heavy atom. The van der Waals surface area contributed by atoms with Gasteiger partial charge in [0.05, 0.1) is 6.20 Å². The number of piperazine rings is 1. The maximum Gasteiger partial charge on any atom is 0.274 e. The van der Waals surface area contributed by atoms with Crippen molar-refractivity contribution in [1.29, 1.82) is 0 Å². The van der Waals surface area contributed by atoms with Crippen molar-refractivity contribution < 1.29 is 9.59 Å². The van der Waals surface area contributed by atoms with Crippen molar-refractivity contribution >= 4 is 11.8 Å². The molecule has 0 radical (unpaired) electrons. The standard InChI is InChI=1S/C19H31N5O2/c1-3-5-6-10-24(19(26)17-16-20-8-9-21-17)11-7-18(25)23-14-12-22(4-2)13-15-23/h8-9,16H,3-7,10-15H2,1-2H3. The molecule has 1 aromatic rings. The average molecular weight is 361 g/mol. The van der Waals surface area contributed by atoms with E-state index in [1.165, 1.54) is 12.4 Å². The second kappa shape index (κ2) is 10.9. The fraction of sp³-hybridized carbons (Fsp3) is 0.684. The van der Waals surface area contributed by atoms with E-state index in [1.54, 1.807) is 11.1 Å². The van der Waals surface area contributed by atoms with Gasteiger partial charge < -0.3 is 14.7 Å². The Kier molecular flexibility index (Phi) is 8.47. The molecule has 0 atom stereocenters. The fourth-order valence-electron chi connectivity index (χ4n) is 3.14. The van der Waals surface area contributed by atoms with Crippen molar-refractivity contribution in [2.24, 2.45) is 0 Å². The summed E-state index contributed by atoms with van der Waals surface area (Å²) in [6.45, 7) is 9.81. The Bertz CT molecular complexity index is 558. The third kappa shape index (κ3) is 6.05. The minimum atomic E-state index is -0.141. The molecule has 1 aliphatic rings. The van der Waals surface area contributed by atoms with Gasteiger partial charge in [0, 0.05) is 58.1 Å². The highest BCUT2D eigenvalue weighted by molar-refractivity contribution is 5.92. The second-order valence-electron chi connectivity index (χ2n) is 6.66. The molecule has 0 bridgehead atoms. The maximum absolute atomic E-state index is 12.7. The smallest absolute Gasteiger partial charge is 0.274 e. The molecule has 2 amide bonds. The quantitative estimate of drug-likeness (QED) is 0.626. The number of hydrogen-bond donors (Lipinski definition) is 0. The van der Waals surface area contributed by atoms with Crippen LogP contribution in [0.2, 0.25) is 0 Å². The zero-order chi connectivity index (χ0) is 18.8. The summed E-state index contributed by atoms with van der Waals surface area (Å²) in [5.74, 6) is -0.00834. The molecule has 0 aromatic carbocycles. The number of carbonyl (C=O) groups excluding carboxylic acids is 2. The number of unbranched alkanes of at least 4 members (excludes halogenated alkanes) is 2. The Labute approximate surface area is 156 Å². The van der Waals surface area contributed by atoms with Gasteiger partial charge in [0.15, 0.2) is 0 Å². The molecular weight excluding hydrogens is 330 g/mol. The molecule has 0 spiro atoms. The molecule has 1 saturated heterocycles. The van der Waals surface area contributed by atoms with Gasteiger partial charge >= 0.3 is 0 Å². The normalized spacial score (nSPS) is 15.1. The van der Waals surface area contributed by atoms with E-state index in [0.29, 0.717) is 25.2 Å². The van der Waals surface area contributed by atoms with E-state index in [1.807, 2.05) is 4.90 Å². The Hall–Kier alpha value is -2.02. The molecule has 144 valence electrons. The van der Waals surface area contributed by atoms with Gasteiger partial charge in [-0.15, -0.1) is 0 Å². The lowest BCUT2D eigenvalue weighted by molar-refractivity contribution is -0.133. The number of carbonyl (C=O) groups is 2. The number of likely N-dealkylation sites (N-methyl/N-ethyl adjacent to an activating group) is 1. The molecule has 0 saturated carbocycles. The zero-order valence-corrected chi connectivity index (χ0v) is 16.1. The topological polar surface area (TPSA) is 69.6 Å². The van der Waals surface area contributed by atoms with Gasteiger partial charge in [-0.25, -0.2) is 4.98 Å². The van der Waals surface area contributed by atoms with Crippen molar-refractivity contribution in [3.05, 3.63) is 24.3 Å². The number of amides is 2. The minimum Gasteiger partial charge on any atom is -0.340 e. The molecule has 0 N–H and O–H groups in total. The molecule has 2 rings (SSSR count). The van der Waals surface area contributed by atoms with Crippen LogP contribution in [0.4, 0.5) is 0 Å². The Morgan fingerprint density at radius 3 is 2.46 bits per heavy atom. The van der Waals surface area contributed by atoms with E-state index in [0.717, 1.165) is 52.0 Å². The van der Waals surface area contributed by atoms with Crippen molar-refractivity contribution in [2.45, 2.75) is 39.5 Å². The predicted octanol–water partition coefficient (Wildman–Crippen LogP) is 1.66. The first kappa shape index (κ1) is 20.3. The lowest BCUT2D eigenvalue weighted by atomic mass is 10.2. The van der Waals surface area contributed by atoms with Crippen LogP contribution in [-0.2, 0) is 4.79 Å². The molecule has 2 heterocycles. The van der Waals surface area contributed by atoms with Crippen LogP contribution in [0.5, 0.6) is 0 Å². The number of hydrogen-bond acceptors (Lipinski definition) is 5. The number of rotatable bonds is 9. The van der Waals surface area contributed by atoms with Gasteiger partial charge in [0.25, 0.3) is 5.91 Å². The molecule has 1 aliphatic heterocycles. The van der Waals surface area contributed by atoms with Crippen LogP contribution in [0.25, 0.3) is 0 Å². The number of nitrogens with zero attached hydrogens (tertiary/aromatic N) is 5. The van der Waals surface area contributed by atoms with Crippen LogP contribution in [0, 0.1) is 0 Å². The summed E-state index contributed by atoms with van der Waals surface area (Å²) < 4.78 is 0. The summed E-state index contributed by atoms with van der Waals surface area (Å²) in [5, 5.41) is 0. The second-order valence-corrected chi connectivity index (χ2v) is 6.66. The molecule has 1 fully saturated rings. The van der Waals surface area contributed by atoms with Crippen molar-refractivity contribution in [3.63, 3.8) is 0 Å². The van der Waals surface area contributed by atoms with Gasteiger partial charge in [0.2, 0.25) is 5.91 Å². The molecule has 1 aromatic heterocycles. The van der Waals surface area contributed by atoms with Crippen LogP contribution in [0.15, 0.2) is 18.6 Å². The van der Waals surface area contributed by atoms with Crippen LogP contribution in [-0.4, -0.2) is 82.3 Å². The predicted molar refractivity (Wildman–Crippen MR) is 101 cm³/mol. The highest BCUT2D eigenvalue weighted by atomic mass is 16.2. The van der Waals surface area contributed by atoms with E-state index in [9.17, 15) is 9.59 Å². The summed E-state index contributed by atoms with van der Waals surface area (Å²) >= 11 is 0. The van der Waals surface area contributed by atoms with Gasteiger partial charge in [-0.1, -0.05) is 26.7 Å². The Morgan fingerprint density at radius 1 is 1.08 bits per heavy atom. The first-order valence-corrected chi connectivity index (χ1v) is 9.71. The average Bonchev–Trinajstić information content (AvgIpc) is 2.70. The zero-order valence-electron chi connectivity index (χ0n) is 16.1. The summed E-state index contributed by atoms with van der Waals surface area (Å²) in [6.07, 6.45) is 8.02. The number of aromatic nitrogens is 2. The molecule has 26 heavy (non-hydrogen) atoms. The lowest BCUT2D eigenvalue weighted by Crippen LogP contribution is -2.49. The first-order chi connectivity index (χ1) is 12.7. The largest absolute Gasteiger partial charge is 0.340 e. The molecule has 0 unspecified atom stereocenters. The van der Waals surface area contributed by atoms with Gasteiger partial charge in [-0.2, -0.15) is 0 Å². The summed E-state index contributed by atoms with van der Waals surface area (Å²) in [6, 6.07) is 0. The molecule has 7 nitrogen and oxygen atoms in total. The minimum absolute atomic E-state index is 0.133.